The van der Waals surface area contributed by atoms with Gasteiger partial charge in [0.1, 0.15) is 0 Å². The molecule has 10 nitrogen and oxygen atoms in total. The Morgan fingerprint density at radius 2 is 0.909 bits per heavy atom. The van der Waals surface area contributed by atoms with E-state index < -0.39 is 71.0 Å². The summed E-state index contributed by atoms with van der Waals surface area (Å²) in [5, 5.41) is 20.6. The molecule has 252 valence electrons. The summed E-state index contributed by atoms with van der Waals surface area (Å²) in [5.74, 6) is -5.00. The second-order valence-electron chi connectivity index (χ2n) is 13.5. The molecule has 0 saturated heterocycles. The molecule has 4 aliphatic rings. The fraction of sp³-hybridized carbons (Fsp3) is 0.812. The number of hydrogen-bond donors (Lipinski definition) is 2. The number of Topliss-reactive ketones (excluding diaryl/α,β-unsaturated/α-hetero) is 4. The molecule has 0 spiro atoms. The molecule has 4 fully saturated rings. The number of ketones is 4. The summed E-state index contributed by atoms with van der Waals surface area (Å²) < 4.78 is 0. The maximum Gasteiger partial charge on any atom is 0.310 e. The number of carbonyl (C=O) groups excluding carboxylic acids is 4. The molecule has 4 rings (SSSR count). The molecule has 0 aliphatic heterocycles. The zero-order valence-corrected chi connectivity index (χ0v) is 27.7. The van der Waals surface area contributed by atoms with Crippen LogP contribution in [0.2, 0.25) is 0 Å². The van der Waals surface area contributed by atoms with E-state index in [9.17, 15) is 39.0 Å². The van der Waals surface area contributed by atoms with Gasteiger partial charge in [0.05, 0.1) is 10.8 Å². The van der Waals surface area contributed by atoms with Gasteiger partial charge in [0.15, 0.2) is 23.1 Å². The van der Waals surface area contributed by atoms with Crippen LogP contribution >= 0.6 is 0 Å². The Labute approximate surface area is 279 Å². The molecule has 12 heteroatoms. The van der Waals surface area contributed by atoms with Gasteiger partial charge in [-0.05, 0) is 63.2 Å². The van der Waals surface area contributed by atoms with E-state index in [-0.39, 0.29) is 57.2 Å². The summed E-state index contributed by atoms with van der Waals surface area (Å²) in [6.07, 6.45) is 6.56. The zero-order chi connectivity index (χ0) is 30.7. The third kappa shape index (κ3) is 7.91. The molecule has 2 N–H and O–H groups in total. The molecule has 44 heavy (non-hydrogen) atoms. The second-order valence-corrected chi connectivity index (χ2v) is 13.5. The van der Waals surface area contributed by atoms with Gasteiger partial charge in [-0.1, -0.05) is 64.2 Å². The van der Waals surface area contributed by atoms with Crippen molar-refractivity contribution in [1.82, 2.24) is 0 Å². The minimum atomic E-state index is -1.80. The molecule has 8 unspecified atom stereocenters. The number of carbonyl (C=O) groups is 6. The number of carboxylic acid groups (broad SMARTS) is 2. The smallest absolute Gasteiger partial charge is 0.310 e. The third-order valence-electron chi connectivity index (χ3n) is 11.0. The number of hydrogen-bond acceptors (Lipinski definition) is 8. The molecule has 0 bridgehead atoms. The summed E-state index contributed by atoms with van der Waals surface area (Å²) in [7, 11) is 0. The Morgan fingerprint density at radius 3 is 1.23 bits per heavy atom. The Balaban J connectivity index is 0.00000337. The van der Waals surface area contributed by atoms with Crippen LogP contribution in [0, 0.1) is 34.5 Å². The van der Waals surface area contributed by atoms with Crippen molar-refractivity contribution in [3.63, 3.8) is 0 Å². The average Bonchev–Trinajstić information content (AvgIpc) is 2.94. The zero-order valence-electron chi connectivity index (χ0n) is 25.6. The van der Waals surface area contributed by atoms with Crippen molar-refractivity contribution in [3.05, 3.63) is 0 Å². The minimum Gasteiger partial charge on any atom is -0.481 e. The summed E-state index contributed by atoms with van der Waals surface area (Å²) in [4.78, 5) is 87.7. The predicted octanol–water partition coefficient (Wildman–Crippen LogP) is 4.89. The Morgan fingerprint density at radius 1 is 0.591 bits per heavy atom. The first-order valence-corrected chi connectivity index (χ1v) is 15.8. The normalized spacial score (nSPS) is 32.7. The van der Waals surface area contributed by atoms with E-state index in [1.54, 1.807) is 0 Å². The van der Waals surface area contributed by atoms with E-state index in [0.717, 1.165) is 65.2 Å². The minimum absolute atomic E-state index is 0. The van der Waals surface area contributed by atoms with Gasteiger partial charge >= 0.3 is 11.9 Å². The van der Waals surface area contributed by atoms with Crippen molar-refractivity contribution in [2.45, 2.75) is 129 Å². The van der Waals surface area contributed by atoms with Gasteiger partial charge in [-0.15, -0.1) is 0 Å². The molecule has 0 amide bonds. The van der Waals surface area contributed by atoms with Crippen molar-refractivity contribution in [2.24, 2.45) is 34.5 Å². The maximum atomic E-state index is 13.5. The first-order chi connectivity index (χ1) is 19.9. The summed E-state index contributed by atoms with van der Waals surface area (Å²) in [6, 6.07) is 0. The van der Waals surface area contributed by atoms with Crippen molar-refractivity contribution >= 4 is 35.1 Å². The molecule has 8 atom stereocenters. The van der Waals surface area contributed by atoms with Crippen LogP contribution in [0.5, 0.6) is 0 Å². The number of carboxylic acids is 2. The largest absolute Gasteiger partial charge is 0.481 e. The van der Waals surface area contributed by atoms with Crippen molar-refractivity contribution < 1.29 is 82.3 Å². The standard InChI is InChI=1S/C32H46O10.2Co/c1-19(33)27(25(35)17-31(29(37)38)15-7-11-21-9-3-5-13-23(21)31)41-42-28(20(2)34)26(36)18-32(30(39)40)16-8-12-22-10-4-6-14-24(22)32;;/h21-24,27-28H,3-18H2,1-2H3,(H,37,38)(H,39,40);;. The van der Waals surface area contributed by atoms with E-state index in [1.165, 1.54) is 0 Å². The quantitative estimate of drug-likeness (QED) is 0.153. The van der Waals surface area contributed by atoms with Crippen LogP contribution in [0.3, 0.4) is 0 Å². The van der Waals surface area contributed by atoms with Crippen LogP contribution in [0.4, 0.5) is 0 Å². The second kappa shape index (κ2) is 16.4. The van der Waals surface area contributed by atoms with Crippen LogP contribution in [0.1, 0.15) is 117 Å². The molecular formula is C32H46Co2O10. The topological polar surface area (TPSA) is 161 Å². The number of aliphatic carboxylic acids is 2. The summed E-state index contributed by atoms with van der Waals surface area (Å²) in [5.41, 5.74) is -2.61. The van der Waals surface area contributed by atoms with Gasteiger partial charge in [-0.2, -0.15) is 0 Å². The van der Waals surface area contributed by atoms with E-state index in [4.69, 9.17) is 9.78 Å². The van der Waals surface area contributed by atoms with Gasteiger partial charge < -0.3 is 10.2 Å². The molecule has 0 aromatic rings. The molecule has 4 aliphatic carbocycles. The molecule has 0 heterocycles. The van der Waals surface area contributed by atoms with Crippen LogP contribution < -0.4 is 0 Å². The monoisotopic (exact) mass is 708 g/mol. The van der Waals surface area contributed by atoms with Crippen molar-refractivity contribution in [1.29, 1.82) is 0 Å². The SMILES string of the molecule is CC(=O)C(OOC(C(C)=O)C(=O)CC1(C(=O)O)CCCC2CCCCC21)C(=O)CC1(C(=O)O)CCCC2CCCCC21.[Co].[Co]. The average molecular weight is 709 g/mol. The number of fused-ring (bicyclic) bond motifs is 2. The van der Waals surface area contributed by atoms with Crippen LogP contribution in [-0.4, -0.2) is 57.5 Å². The van der Waals surface area contributed by atoms with E-state index >= 15 is 0 Å². The van der Waals surface area contributed by atoms with Crippen LogP contribution in [0.15, 0.2) is 0 Å². The Hall–Kier alpha value is -1.45. The molecular weight excluding hydrogens is 662 g/mol. The van der Waals surface area contributed by atoms with Crippen LogP contribution in [0.25, 0.3) is 0 Å². The Kier molecular flexibility index (Phi) is 14.4. The van der Waals surface area contributed by atoms with Crippen molar-refractivity contribution in [3.8, 4) is 0 Å². The van der Waals surface area contributed by atoms with E-state index in [0.29, 0.717) is 38.5 Å². The van der Waals surface area contributed by atoms with Gasteiger partial charge in [0.2, 0.25) is 12.2 Å². The molecule has 2 radical (unpaired) electrons. The molecule has 0 aromatic heterocycles. The summed E-state index contributed by atoms with van der Waals surface area (Å²) >= 11 is 0. The predicted molar refractivity (Wildman–Crippen MR) is 149 cm³/mol. The van der Waals surface area contributed by atoms with Crippen LogP contribution in [-0.2, 0) is 72.1 Å². The fourth-order valence-corrected chi connectivity index (χ4v) is 9.03. The van der Waals surface area contributed by atoms with Crippen molar-refractivity contribution in [2.75, 3.05) is 0 Å². The van der Waals surface area contributed by atoms with E-state index in [2.05, 4.69) is 0 Å². The molecule has 0 aromatic carbocycles. The van der Waals surface area contributed by atoms with Gasteiger partial charge in [-0.3, -0.25) is 28.8 Å². The fourth-order valence-electron chi connectivity index (χ4n) is 9.03. The first-order valence-electron chi connectivity index (χ1n) is 15.8. The Bertz CT molecular complexity index is 1010. The van der Waals surface area contributed by atoms with E-state index in [1.807, 2.05) is 0 Å². The summed E-state index contributed by atoms with van der Waals surface area (Å²) in [6.45, 7) is 2.22. The van der Waals surface area contributed by atoms with Gasteiger partial charge in [-0.25, -0.2) is 9.78 Å². The third-order valence-corrected chi connectivity index (χ3v) is 11.0. The number of rotatable bonds is 13. The first kappa shape index (κ1) is 38.7. The maximum absolute atomic E-state index is 13.5. The van der Waals surface area contributed by atoms with Gasteiger partial charge in [0, 0.05) is 46.4 Å². The molecule has 4 saturated carbocycles. The van der Waals surface area contributed by atoms with Gasteiger partial charge in [0.25, 0.3) is 0 Å².